The van der Waals surface area contributed by atoms with E-state index in [1.807, 2.05) is 12.3 Å². The van der Waals surface area contributed by atoms with Gasteiger partial charge < -0.3 is 9.73 Å². The van der Waals surface area contributed by atoms with E-state index in [1.54, 1.807) is 6.20 Å². The maximum Gasteiger partial charge on any atom is 0.180 e. The Bertz CT molecular complexity index is 662. The minimum atomic E-state index is 0.618. The molecule has 0 saturated carbocycles. The van der Waals surface area contributed by atoms with Crippen LogP contribution in [-0.2, 0) is 6.54 Å². The van der Waals surface area contributed by atoms with E-state index in [0.29, 0.717) is 6.54 Å². The summed E-state index contributed by atoms with van der Waals surface area (Å²) in [6.07, 6.45) is 4.96. The summed E-state index contributed by atoms with van der Waals surface area (Å²) >= 11 is 0. The highest BCUT2D eigenvalue weighted by Crippen LogP contribution is 2.24. The molecule has 0 aliphatic heterocycles. The van der Waals surface area contributed by atoms with Crippen molar-refractivity contribution in [2.24, 2.45) is 0 Å². The lowest BCUT2D eigenvalue weighted by atomic mass is 10.1. The largest absolute Gasteiger partial charge is 0.447 e. The van der Waals surface area contributed by atoms with Crippen LogP contribution in [0.5, 0.6) is 0 Å². The van der Waals surface area contributed by atoms with E-state index >= 15 is 0 Å². The smallest absolute Gasteiger partial charge is 0.180 e. The Morgan fingerprint density at radius 1 is 1.28 bits per heavy atom. The first kappa shape index (κ1) is 10.8. The molecule has 1 aromatic carbocycles. The Morgan fingerprint density at radius 3 is 3.06 bits per heavy atom. The summed E-state index contributed by atoms with van der Waals surface area (Å²) in [5.41, 5.74) is 3.26. The van der Waals surface area contributed by atoms with Crippen molar-refractivity contribution in [2.75, 3.05) is 5.32 Å². The van der Waals surface area contributed by atoms with Gasteiger partial charge in [0, 0.05) is 17.3 Å². The van der Waals surface area contributed by atoms with E-state index in [9.17, 15) is 0 Å². The molecule has 3 aromatic rings. The van der Waals surface area contributed by atoms with E-state index < -0.39 is 0 Å². The fourth-order valence-electron chi connectivity index (χ4n) is 1.98. The molecule has 18 heavy (non-hydrogen) atoms. The number of aryl methyl sites for hydroxylation is 1. The lowest BCUT2D eigenvalue weighted by molar-refractivity contribution is 0.512. The van der Waals surface area contributed by atoms with Crippen LogP contribution in [0.3, 0.4) is 0 Å². The third kappa shape index (κ3) is 1.93. The first-order chi connectivity index (χ1) is 8.84. The van der Waals surface area contributed by atoms with Gasteiger partial charge >= 0.3 is 0 Å². The number of nitrogens with one attached hydrogen (secondary N) is 1. The van der Waals surface area contributed by atoms with Crippen LogP contribution in [0.4, 0.5) is 5.69 Å². The van der Waals surface area contributed by atoms with Gasteiger partial charge in [-0.25, -0.2) is 4.98 Å². The van der Waals surface area contributed by atoms with Crippen molar-refractivity contribution in [3.05, 3.63) is 54.4 Å². The molecule has 0 unspecified atom stereocenters. The zero-order valence-electron chi connectivity index (χ0n) is 10.1. The number of fused-ring (bicyclic) bond motifs is 1. The number of oxazole rings is 1. The summed E-state index contributed by atoms with van der Waals surface area (Å²) in [5, 5.41) is 4.47. The summed E-state index contributed by atoms with van der Waals surface area (Å²) in [6, 6.07) is 8.15. The van der Waals surface area contributed by atoms with Crippen molar-refractivity contribution >= 4 is 16.6 Å². The standard InChI is InChI=1S/C14H13N3O/c1-10-4-5-13(12-3-2-6-16-14(10)12)17-8-11-7-15-9-18-11/h2-7,9,17H,8H2,1H3. The maximum atomic E-state index is 5.20. The van der Waals surface area contributed by atoms with Crippen molar-refractivity contribution in [1.82, 2.24) is 9.97 Å². The molecule has 0 atom stereocenters. The molecular formula is C14H13N3O. The molecule has 0 spiro atoms. The van der Waals surface area contributed by atoms with Gasteiger partial charge in [-0.15, -0.1) is 0 Å². The zero-order chi connectivity index (χ0) is 12.4. The molecule has 90 valence electrons. The summed E-state index contributed by atoms with van der Waals surface area (Å²) in [5.74, 6) is 0.813. The van der Waals surface area contributed by atoms with E-state index in [-0.39, 0.29) is 0 Å². The molecular weight excluding hydrogens is 226 g/mol. The number of rotatable bonds is 3. The predicted octanol–water partition coefficient (Wildman–Crippen LogP) is 3.14. The molecule has 2 aromatic heterocycles. The van der Waals surface area contributed by atoms with Crippen molar-refractivity contribution in [3.8, 4) is 0 Å². The quantitative estimate of drug-likeness (QED) is 0.762. The summed E-state index contributed by atoms with van der Waals surface area (Å²) in [4.78, 5) is 8.30. The van der Waals surface area contributed by atoms with E-state index in [0.717, 1.165) is 22.4 Å². The molecule has 0 amide bonds. The Kier molecular flexibility index (Phi) is 2.68. The molecule has 0 aliphatic carbocycles. The fourth-order valence-corrected chi connectivity index (χ4v) is 1.98. The van der Waals surface area contributed by atoms with E-state index in [2.05, 4.69) is 40.4 Å². The second-order valence-electron chi connectivity index (χ2n) is 4.15. The molecule has 4 heteroatoms. The maximum absolute atomic E-state index is 5.20. The monoisotopic (exact) mass is 239 g/mol. The molecule has 0 aliphatic rings. The molecule has 0 saturated heterocycles. The Morgan fingerprint density at radius 2 is 2.22 bits per heavy atom. The van der Waals surface area contributed by atoms with Crippen molar-refractivity contribution in [2.45, 2.75) is 13.5 Å². The van der Waals surface area contributed by atoms with E-state index in [1.165, 1.54) is 12.0 Å². The number of hydrogen-bond acceptors (Lipinski definition) is 4. The number of hydrogen-bond donors (Lipinski definition) is 1. The molecule has 0 bridgehead atoms. The van der Waals surface area contributed by atoms with Crippen molar-refractivity contribution < 1.29 is 4.42 Å². The Hall–Kier alpha value is -2.36. The summed E-state index contributed by atoms with van der Waals surface area (Å²) < 4.78 is 5.20. The minimum absolute atomic E-state index is 0.618. The van der Waals surface area contributed by atoms with Gasteiger partial charge in [0.25, 0.3) is 0 Å². The van der Waals surface area contributed by atoms with E-state index in [4.69, 9.17) is 4.42 Å². The Balaban J connectivity index is 1.94. The summed E-state index contributed by atoms with van der Waals surface area (Å²) in [7, 11) is 0. The highest BCUT2D eigenvalue weighted by atomic mass is 16.3. The van der Waals surface area contributed by atoms with Gasteiger partial charge in [0.05, 0.1) is 18.3 Å². The highest BCUT2D eigenvalue weighted by molar-refractivity contribution is 5.93. The van der Waals surface area contributed by atoms with Gasteiger partial charge in [-0.3, -0.25) is 4.98 Å². The van der Waals surface area contributed by atoms with Gasteiger partial charge in [-0.1, -0.05) is 6.07 Å². The number of benzene rings is 1. The SMILES string of the molecule is Cc1ccc(NCc2cnco2)c2cccnc12. The van der Waals surface area contributed by atoms with Gasteiger partial charge in [0.1, 0.15) is 5.76 Å². The molecule has 1 N–H and O–H groups in total. The van der Waals surface area contributed by atoms with Crippen LogP contribution < -0.4 is 5.32 Å². The highest BCUT2D eigenvalue weighted by Gasteiger charge is 2.04. The predicted molar refractivity (Wildman–Crippen MR) is 70.3 cm³/mol. The third-order valence-electron chi connectivity index (χ3n) is 2.91. The van der Waals surface area contributed by atoms with Gasteiger partial charge in [0.15, 0.2) is 6.39 Å². The normalized spacial score (nSPS) is 10.7. The zero-order valence-corrected chi connectivity index (χ0v) is 10.1. The topological polar surface area (TPSA) is 51.0 Å². The van der Waals surface area contributed by atoms with Crippen LogP contribution in [0, 0.1) is 6.92 Å². The fraction of sp³-hybridized carbons (Fsp3) is 0.143. The lowest BCUT2D eigenvalue weighted by Gasteiger charge is -2.09. The first-order valence-electron chi connectivity index (χ1n) is 5.80. The number of nitrogens with zero attached hydrogens (tertiary/aromatic N) is 2. The second-order valence-corrected chi connectivity index (χ2v) is 4.15. The summed E-state index contributed by atoms with van der Waals surface area (Å²) in [6.45, 7) is 2.68. The average molecular weight is 239 g/mol. The molecule has 0 fully saturated rings. The lowest BCUT2D eigenvalue weighted by Crippen LogP contribution is -1.99. The molecule has 3 rings (SSSR count). The molecule has 2 heterocycles. The van der Waals surface area contributed by atoms with Gasteiger partial charge in [0.2, 0.25) is 0 Å². The van der Waals surface area contributed by atoms with Crippen LogP contribution in [0.2, 0.25) is 0 Å². The average Bonchev–Trinajstić information content (AvgIpc) is 2.92. The molecule has 0 radical (unpaired) electrons. The third-order valence-corrected chi connectivity index (χ3v) is 2.91. The van der Waals surface area contributed by atoms with Gasteiger partial charge in [-0.05, 0) is 30.7 Å². The van der Waals surface area contributed by atoms with Gasteiger partial charge in [-0.2, -0.15) is 0 Å². The van der Waals surface area contributed by atoms with Crippen LogP contribution in [-0.4, -0.2) is 9.97 Å². The van der Waals surface area contributed by atoms with Crippen LogP contribution in [0.25, 0.3) is 10.9 Å². The first-order valence-corrected chi connectivity index (χ1v) is 5.80. The van der Waals surface area contributed by atoms with Crippen LogP contribution in [0.1, 0.15) is 11.3 Å². The van der Waals surface area contributed by atoms with Crippen molar-refractivity contribution in [3.63, 3.8) is 0 Å². The number of aromatic nitrogens is 2. The van der Waals surface area contributed by atoms with Crippen LogP contribution in [0.15, 0.2) is 47.5 Å². The minimum Gasteiger partial charge on any atom is -0.447 e. The molecule has 4 nitrogen and oxygen atoms in total. The number of pyridine rings is 1. The second kappa shape index (κ2) is 4.49. The Labute approximate surface area is 105 Å². The van der Waals surface area contributed by atoms with Crippen LogP contribution >= 0.6 is 0 Å². The number of anilines is 1. The van der Waals surface area contributed by atoms with Crippen molar-refractivity contribution in [1.29, 1.82) is 0 Å².